The summed E-state index contributed by atoms with van der Waals surface area (Å²) in [6, 6.07) is 12.6. The average molecular weight is 480 g/mol. The number of halogens is 1. The first-order valence-electron chi connectivity index (χ1n) is 9.72. The highest BCUT2D eigenvalue weighted by Gasteiger charge is 2.36. The van der Waals surface area contributed by atoms with Gasteiger partial charge in [0.05, 0.1) is 30.7 Å². The van der Waals surface area contributed by atoms with Gasteiger partial charge in [0.15, 0.2) is 21.3 Å². The molecule has 1 amide bonds. The number of thiophene rings is 1. The van der Waals surface area contributed by atoms with Gasteiger partial charge in [-0.25, -0.2) is 8.42 Å². The molecule has 1 unspecified atom stereocenters. The molecular weight excluding hydrogens is 458 g/mol. The molecule has 0 aliphatic carbocycles. The van der Waals surface area contributed by atoms with Crippen LogP contribution in [0.4, 0.5) is 0 Å². The Kier molecular flexibility index (Phi) is 6.14. The molecular formula is C22H22ClNO5S2. The predicted molar refractivity (Wildman–Crippen MR) is 123 cm³/mol. The van der Waals surface area contributed by atoms with E-state index in [0.717, 1.165) is 15.6 Å². The summed E-state index contributed by atoms with van der Waals surface area (Å²) >= 11 is 7.88. The van der Waals surface area contributed by atoms with Crippen molar-refractivity contribution in [3.05, 3.63) is 57.9 Å². The molecule has 0 bridgehead atoms. The van der Waals surface area contributed by atoms with Crippen molar-refractivity contribution in [1.29, 1.82) is 0 Å². The van der Waals surface area contributed by atoms with Crippen LogP contribution in [0, 0.1) is 0 Å². The van der Waals surface area contributed by atoms with Gasteiger partial charge >= 0.3 is 0 Å². The molecule has 3 aromatic rings. The highest BCUT2D eigenvalue weighted by Crippen LogP contribution is 2.37. The molecule has 9 heteroatoms. The molecule has 0 N–H and O–H groups in total. The van der Waals surface area contributed by atoms with E-state index in [-0.39, 0.29) is 24.0 Å². The second-order valence-electron chi connectivity index (χ2n) is 7.42. The minimum absolute atomic E-state index is 0.0471. The Morgan fingerprint density at radius 3 is 2.55 bits per heavy atom. The Balaban J connectivity index is 1.72. The maximum Gasteiger partial charge on any atom is 0.266 e. The lowest BCUT2D eigenvalue weighted by atomic mass is 10.1. The molecule has 1 aliphatic heterocycles. The first-order chi connectivity index (χ1) is 14.8. The minimum atomic E-state index is -3.17. The maximum absolute atomic E-state index is 13.6. The highest BCUT2D eigenvalue weighted by atomic mass is 35.5. The van der Waals surface area contributed by atoms with Crippen LogP contribution in [0.3, 0.4) is 0 Å². The first-order valence-corrected chi connectivity index (χ1v) is 12.7. The fourth-order valence-electron chi connectivity index (χ4n) is 3.85. The number of benzene rings is 2. The van der Waals surface area contributed by atoms with Gasteiger partial charge in [-0.1, -0.05) is 35.9 Å². The molecule has 1 atom stereocenters. The van der Waals surface area contributed by atoms with E-state index >= 15 is 0 Å². The number of amides is 1. The molecule has 2 aromatic carbocycles. The lowest BCUT2D eigenvalue weighted by molar-refractivity contribution is 0.0686. The number of sulfone groups is 1. The zero-order valence-corrected chi connectivity index (χ0v) is 19.5. The molecule has 1 aliphatic rings. The lowest BCUT2D eigenvalue weighted by Gasteiger charge is -2.28. The number of methoxy groups -OCH3 is 2. The Labute approximate surface area is 190 Å². The SMILES string of the molecule is COc1ccc(CN(C(=O)c2sc3ccccc3c2Cl)C2CCS(=O)(=O)C2)cc1OC. The topological polar surface area (TPSA) is 72.9 Å². The van der Waals surface area contributed by atoms with Gasteiger partial charge in [-0.2, -0.15) is 0 Å². The standard InChI is InChI=1S/C22H22ClNO5S2/c1-28-17-8-7-14(11-18(17)29-2)12-24(15-9-10-31(26,27)13-15)22(25)21-20(23)16-5-3-4-6-19(16)30-21/h3-8,11,15H,9-10,12-13H2,1-2H3. The second kappa shape index (κ2) is 8.68. The van der Waals surface area contributed by atoms with E-state index in [9.17, 15) is 13.2 Å². The Bertz CT molecular complexity index is 1240. The van der Waals surface area contributed by atoms with Crippen molar-refractivity contribution in [3.63, 3.8) is 0 Å². The molecule has 0 saturated carbocycles. The summed E-state index contributed by atoms with van der Waals surface area (Å²) in [5, 5.41) is 1.23. The van der Waals surface area contributed by atoms with Gasteiger partial charge < -0.3 is 14.4 Å². The number of hydrogen-bond donors (Lipinski definition) is 0. The van der Waals surface area contributed by atoms with Crippen LogP contribution in [0.25, 0.3) is 10.1 Å². The van der Waals surface area contributed by atoms with Crippen LogP contribution in [0.15, 0.2) is 42.5 Å². The third-order valence-electron chi connectivity index (χ3n) is 5.44. The fraction of sp³-hybridized carbons (Fsp3) is 0.318. The van der Waals surface area contributed by atoms with Gasteiger partial charge in [0, 0.05) is 22.7 Å². The van der Waals surface area contributed by atoms with Gasteiger partial charge in [0.1, 0.15) is 4.88 Å². The van der Waals surface area contributed by atoms with E-state index in [1.54, 1.807) is 31.3 Å². The summed E-state index contributed by atoms with van der Waals surface area (Å²) in [6.45, 7) is 0.240. The summed E-state index contributed by atoms with van der Waals surface area (Å²) in [6.07, 6.45) is 0.407. The lowest BCUT2D eigenvalue weighted by Crippen LogP contribution is -2.40. The number of rotatable bonds is 6. The zero-order valence-electron chi connectivity index (χ0n) is 17.1. The van der Waals surface area contributed by atoms with Crippen molar-refractivity contribution in [2.24, 2.45) is 0 Å². The number of nitrogens with zero attached hydrogens (tertiary/aromatic N) is 1. The summed E-state index contributed by atoms with van der Waals surface area (Å²) in [5.74, 6) is 0.900. The van der Waals surface area contributed by atoms with Crippen LogP contribution in [0.2, 0.25) is 5.02 Å². The molecule has 6 nitrogen and oxygen atoms in total. The maximum atomic E-state index is 13.6. The predicted octanol–water partition coefficient (Wildman–Crippen LogP) is 4.40. The molecule has 1 aromatic heterocycles. The average Bonchev–Trinajstić information content (AvgIpc) is 3.30. The molecule has 164 valence electrons. The van der Waals surface area contributed by atoms with Gasteiger partial charge in [-0.05, 0) is 30.2 Å². The quantitative estimate of drug-likeness (QED) is 0.524. The Morgan fingerprint density at radius 2 is 1.90 bits per heavy atom. The van der Waals surface area contributed by atoms with Crippen molar-refractivity contribution in [3.8, 4) is 11.5 Å². The van der Waals surface area contributed by atoms with E-state index < -0.39 is 15.9 Å². The Hall–Kier alpha value is -2.29. The van der Waals surface area contributed by atoms with Crippen LogP contribution >= 0.6 is 22.9 Å². The highest BCUT2D eigenvalue weighted by molar-refractivity contribution is 7.91. The largest absolute Gasteiger partial charge is 0.493 e. The molecule has 0 radical (unpaired) electrons. The van der Waals surface area contributed by atoms with E-state index in [1.165, 1.54) is 11.3 Å². The smallest absolute Gasteiger partial charge is 0.266 e. The molecule has 31 heavy (non-hydrogen) atoms. The molecule has 0 spiro atoms. The summed E-state index contributed by atoms with van der Waals surface area (Å²) < 4.78 is 35.9. The normalized spacial score (nSPS) is 17.6. The van der Waals surface area contributed by atoms with Crippen LogP contribution in [-0.2, 0) is 16.4 Å². The van der Waals surface area contributed by atoms with Gasteiger partial charge in [-0.15, -0.1) is 11.3 Å². The minimum Gasteiger partial charge on any atom is -0.493 e. The second-order valence-corrected chi connectivity index (χ2v) is 11.1. The molecule has 1 fully saturated rings. The van der Waals surface area contributed by atoms with E-state index in [2.05, 4.69) is 0 Å². The fourth-order valence-corrected chi connectivity index (χ4v) is 7.04. The Morgan fingerprint density at radius 1 is 1.16 bits per heavy atom. The monoisotopic (exact) mass is 479 g/mol. The van der Waals surface area contributed by atoms with Crippen LogP contribution < -0.4 is 9.47 Å². The first kappa shape index (κ1) is 21.9. The molecule has 4 rings (SSSR count). The molecule has 2 heterocycles. The summed E-state index contributed by atoms with van der Waals surface area (Å²) in [5.41, 5.74) is 0.813. The van der Waals surface area contributed by atoms with Crippen molar-refractivity contribution < 1.29 is 22.7 Å². The number of fused-ring (bicyclic) bond motifs is 1. The van der Waals surface area contributed by atoms with Crippen LogP contribution in [-0.4, -0.2) is 51.0 Å². The molecule has 1 saturated heterocycles. The van der Waals surface area contributed by atoms with Crippen molar-refractivity contribution in [1.82, 2.24) is 4.90 Å². The van der Waals surface area contributed by atoms with Gasteiger partial charge in [0.2, 0.25) is 0 Å². The van der Waals surface area contributed by atoms with Gasteiger partial charge in [-0.3, -0.25) is 4.79 Å². The van der Waals surface area contributed by atoms with Crippen LogP contribution in [0.5, 0.6) is 11.5 Å². The van der Waals surface area contributed by atoms with E-state index in [0.29, 0.717) is 27.8 Å². The van der Waals surface area contributed by atoms with Crippen molar-refractivity contribution in [2.45, 2.75) is 19.0 Å². The number of carbonyl (C=O) groups is 1. The third-order valence-corrected chi connectivity index (χ3v) is 8.85. The van der Waals surface area contributed by atoms with E-state index in [4.69, 9.17) is 21.1 Å². The van der Waals surface area contributed by atoms with Crippen molar-refractivity contribution >= 4 is 48.8 Å². The zero-order chi connectivity index (χ0) is 22.2. The third kappa shape index (κ3) is 4.37. The summed E-state index contributed by atoms with van der Waals surface area (Å²) in [4.78, 5) is 15.7. The summed E-state index contributed by atoms with van der Waals surface area (Å²) in [7, 11) is -0.0724. The van der Waals surface area contributed by atoms with E-state index in [1.807, 2.05) is 30.3 Å². The van der Waals surface area contributed by atoms with Crippen LogP contribution in [0.1, 0.15) is 21.7 Å². The number of carbonyl (C=O) groups excluding carboxylic acids is 1. The van der Waals surface area contributed by atoms with Gasteiger partial charge in [0.25, 0.3) is 5.91 Å². The number of ether oxygens (including phenoxy) is 2. The number of hydrogen-bond acceptors (Lipinski definition) is 6. The van der Waals surface area contributed by atoms with Crippen molar-refractivity contribution in [2.75, 3.05) is 25.7 Å².